The van der Waals surface area contributed by atoms with E-state index in [1.165, 1.54) is 12.1 Å². The second kappa shape index (κ2) is 8.77. The Morgan fingerprint density at radius 2 is 1.80 bits per heavy atom. The van der Waals surface area contributed by atoms with E-state index in [4.69, 9.17) is 9.47 Å². The topological polar surface area (TPSA) is 64.6 Å². The molecule has 5 nitrogen and oxygen atoms in total. The molecule has 0 saturated heterocycles. The first-order valence-electron chi connectivity index (χ1n) is 7.60. The van der Waals surface area contributed by atoms with Crippen molar-refractivity contribution in [2.24, 2.45) is 0 Å². The van der Waals surface area contributed by atoms with Crippen LogP contribution in [0.25, 0.3) is 0 Å². The molecule has 2 aromatic rings. The summed E-state index contributed by atoms with van der Waals surface area (Å²) in [6.07, 6.45) is 0. The molecular weight excluding hydrogens is 332 g/mol. The Balaban J connectivity index is 1.81. The van der Waals surface area contributed by atoms with Gasteiger partial charge in [-0.2, -0.15) is 0 Å². The Kier molecular flexibility index (Phi) is 6.45. The summed E-state index contributed by atoms with van der Waals surface area (Å²) in [5, 5.41) is 2.39. The zero-order chi connectivity index (χ0) is 18.2. The van der Waals surface area contributed by atoms with Crippen LogP contribution in [0.1, 0.15) is 22.8 Å². The summed E-state index contributed by atoms with van der Waals surface area (Å²) in [6, 6.07) is 10.0. The predicted molar refractivity (Wildman–Crippen MR) is 86.1 cm³/mol. The summed E-state index contributed by atoms with van der Waals surface area (Å²) in [5.74, 6) is -2.67. The van der Waals surface area contributed by atoms with Crippen LogP contribution in [-0.4, -0.2) is 25.0 Å². The van der Waals surface area contributed by atoms with Crippen LogP contribution < -0.4 is 10.1 Å². The van der Waals surface area contributed by atoms with Crippen molar-refractivity contribution < 1.29 is 27.8 Å². The largest absolute Gasteiger partial charge is 0.494 e. The summed E-state index contributed by atoms with van der Waals surface area (Å²) in [4.78, 5) is 23.5. The highest BCUT2D eigenvalue weighted by atomic mass is 19.2. The minimum Gasteiger partial charge on any atom is -0.494 e. The third-order valence-corrected chi connectivity index (χ3v) is 3.24. The van der Waals surface area contributed by atoms with Gasteiger partial charge in [0.05, 0.1) is 6.61 Å². The second-order valence-electron chi connectivity index (χ2n) is 5.01. The normalized spacial score (nSPS) is 10.2. The Morgan fingerprint density at radius 3 is 2.48 bits per heavy atom. The first-order valence-corrected chi connectivity index (χ1v) is 7.60. The lowest BCUT2D eigenvalue weighted by Crippen LogP contribution is -2.30. The van der Waals surface area contributed by atoms with Gasteiger partial charge < -0.3 is 14.8 Å². The second-order valence-corrected chi connectivity index (χ2v) is 5.01. The van der Waals surface area contributed by atoms with Crippen molar-refractivity contribution in [3.05, 3.63) is 65.2 Å². The van der Waals surface area contributed by atoms with E-state index in [1.54, 1.807) is 24.3 Å². The maximum atomic E-state index is 13.4. The van der Waals surface area contributed by atoms with Crippen LogP contribution in [0.15, 0.2) is 42.5 Å². The molecule has 132 valence electrons. The molecule has 7 heteroatoms. The van der Waals surface area contributed by atoms with Crippen molar-refractivity contribution >= 4 is 11.9 Å². The summed E-state index contributed by atoms with van der Waals surface area (Å²) in [6.45, 7) is 1.57. The van der Waals surface area contributed by atoms with E-state index in [-0.39, 0.29) is 12.1 Å². The number of nitrogens with one attached hydrogen (secondary N) is 1. The molecule has 0 aromatic heterocycles. The number of hydrogen-bond donors (Lipinski definition) is 1. The fourth-order valence-electron chi connectivity index (χ4n) is 1.99. The molecule has 0 bridgehead atoms. The Bertz CT molecular complexity index is 747. The monoisotopic (exact) mass is 349 g/mol. The van der Waals surface area contributed by atoms with Crippen LogP contribution in [0.5, 0.6) is 5.75 Å². The SMILES string of the molecule is CCOc1ccc(C(=O)NCC(=O)OCc2cccc(F)c2F)cc1. The van der Waals surface area contributed by atoms with Gasteiger partial charge in [0.15, 0.2) is 11.6 Å². The summed E-state index contributed by atoms with van der Waals surface area (Å²) in [5.41, 5.74) is 0.276. The van der Waals surface area contributed by atoms with E-state index in [0.29, 0.717) is 17.9 Å². The fraction of sp³-hybridized carbons (Fsp3) is 0.222. The number of carbonyl (C=O) groups is 2. The van der Waals surface area contributed by atoms with E-state index >= 15 is 0 Å². The Labute approximate surface area is 143 Å². The number of amides is 1. The third-order valence-electron chi connectivity index (χ3n) is 3.24. The zero-order valence-electron chi connectivity index (χ0n) is 13.6. The lowest BCUT2D eigenvalue weighted by atomic mass is 10.2. The van der Waals surface area contributed by atoms with E-state index in [9.17, 15) is 18.4 Å². The number of esters is 1. The molecule has 25 heavy (non-hydrogen) atoms. The van der Waals surface area contributed by atoms with Crippen LogP contribution >= 0.6 is 0 Å². The summed E-state index contributed by atoms with van der Waals surface area (Å²) in [7, 11) is 0. The molecule has 0 fully saturated rings. The van der Waals surface area contributed by atoms with Crippen LogP contribution in [0.4, 0.5) is 8.78 Å². The number of halogens is 2. The fourth-order valence-corrected chi connectivity index (χ4v) is 1.99. The van der Waals surface area contributed by atoms with Crippen molar-refractivity contribution in [1.29, 1.82) is 0 Å². The average molecular weight is 349 g/mol. The van der Waals surface area contributed by atoms with Crippen molar-refractivity contribution in [1.82, 2.24) is 5.32 Å². The van der Waals surface area contributed by atoms with E-state index < -0.39 is 30.1 Å². The minimum atomic E-state index is -1.06. The highest BCUT2D eigenvalue weighted by Crippen LogP contribution is 2.13. The third kappa shape index (κ3) is 5.27. The number of carbonyl (C=O) groups excluding carboxylic acids is 2. The van der Waals surface area contributed by atoms with Gasteiger partial charge >= 0.3 is 5.97 Å². The molecule has 1 amide bonds. The lowest BCUT2D eigenvalue weighted by Gasteiger charge is -2.08. The van der Waals surface area contributed by atoms with Crippen LogP contribution in [-0.2, 0) is 16.1 Å². The van der Waals surface area contributed by atoms with Gasteiger partial charge in [0, 0.05) is 11.1 Å². The summed E-state index contributed by atoms with van der Waals surface area (Å²) >= 11 is 0. The molecule has 0 atom stereocenters. The van der Waals surface area contributed by atoms with Gasteiger partial charge in [-0.05, 0) is 37.3 Å². The van der Waals surface area contributed by atoms with E-state index in [1.807, 2.05) is 6.92 Å². The van der Waals surface area contributed by atoms with Gasteiger partial charge in [0.25, 0.3) is 5.91 Å². The van der Waals surface area contributed by atoms with Crippen molar-refractivity contribution in [2.45, 2.75) is 13.5 Å². The van der Waals surface area contributed by atoms with Gasteiger partial charge in [0.2, 0.25) is 0 Å². The first kappa shape index (κ1) is 18.4. The van der Waals surface area contributed by atoms with Crippen molar-refractivity contribution in [3.8, 4) is 5.75 Å². The summed E-state index contributed by atoms with van der Waals surface area (Å²) < 4.78 is 36.6. The van der Waals surface area contributed by atoms with E-state index in [0.717, 1.165) is 6.07 Å². The number of ether oxygens (including phenoxy) is 2. The quantitative estimate of drug-likeness (QED) is 0.781. The molecule has 0 aliphatic carbocycles. The Hall–Kier alpha value is -2.96. The minimum absolute atomic E-state index is 0.0776. The smallest absolute Gasteiger partial charge is 0.325 e. The van der Waals surface area contributed by atoms with Crippen LogP contribution in [0, 0.1) is 11.6 Å². The standard InChI is InChI=1S/C18H17F2NO4/c1-2-24-14-8-6-12(7-9-14)18(23)21-10-16(22)25-11-13-4-3-5-15(19)17(13)20/h3-9H,2,10-11H2,1H3,(H,21,23). The van der Waals surface area contributed by atoms with Crippen LogP contribution in [0.3, 0.4) is 0 Å². The van der Waals surface area contributed by atoms with Crippen LogP contribution in [0.2, 0.25) is 0 Å². The Morgan fingerprint density at radius 1 is 1.08 bits per heavy atom. The molecular formula is C18H17F2NO4. The molecule has 0 aliphatic rings. The molecule has 0 unspecified atom stereocenters. The van der Waals surface area contributed by atoms with Crippen molar-refractivity contribution in [3.63, 3.8) is 0 Å². The first-order chi connectivity index (χ1) is 12.0. The average Bonchev–Trinajstić information content (AvgIpc) is 2.62. The van der Waals surface area contributed by atoms with E-state index in [2.05, 4.69) is 5.32 Å². The maximum Gasteiger partial charge on any atom is 0.325 e. The van der Waals surface area contributed by atoms with Gasteiger partial charge in [-0.3, -0.25) is 9.59 Å². The number of rotatable bonds is 7. The highest BCUT2D eigenvalue weighted by molar-refractivity contribution is 5.96. The predicted octanol–water partition coefficient (Wildman–Crippen LogP) is 2.84. The zero-order valence-corrected chi connectivity index (χ0v) is 13.6. The number of hydrogen-bond acceptors (Lipinski definition) is 4. The lowest BCUT2D eigenvalue weighted by molar-refractivity contribution is -0.143. The van der Waals surface area contributed by atoms with Crippen molar-refractivity contribution in [2.75, 3.05) is 13.2 Å². The van der Waals surface area contributed by atoms with Gasteiger partial charge in [0.1, 0.15) is 18.9 Å². The molecule has 2 aromatic carbocycles. The molecule has 2 rings (SSSR count). The van der Waals surface area contributed by atoms with Gasteiger partial charge in [-0.1, -0.05) is 12.1 Å². The molecule has 0 saturated carbocycles. The molecule has 0 radical (unpaired) electrons. The molecule has 0 heterocycles. The molecule has 0 aliphatic heterocycles. The maximum absolute atomic E-state index is 13.4. The highest BCUT2D eigenvalue weighted by Gasteiger charge is 2.12. The van der Waals surface area contributed by atoms with Gasteiger partial charge in [-0.25, -0.2) is 8.78 Å². The molecule has 1 N–H and O–H groups in total. The van der Waals surface area contributed by atoms with Gasteiger partial charge in [-0.15, -0.1) is 0 Å². The molecule has 0 spiro atoms. The number of benzene rings is 2.